The van der Waals surface area contributed by atoms with Crippen molar-refractivity contribution in [2.45, 2.75) is 32.3 Å². The Hall–Kier alpha value is -0.610. The second-order valence-corrected chi connectivity index (χ2v) is 3.94. The Morgan fingerprint density at radius 2 is 2.40 bits per heavy atom. The molecule has 1 atom stereocenters. The molecule has 1 N–H and O–H groups in total. The number of ether oxygens (including phenoxy) is 1. The minimum Gasteiger partial charge on any atom is -0.380 e. The zero-order chi connectivity index (χ0) is 11.1. The fraction of sp³-hybridized carbons (Fsp3) is 0.909. The summed E-state index contributed by atoms with van der Waals surface area (Å²) in [5.41, 5.74) is 0. The molecular weight excluding hydrogens is 192 g/mol. The molecule has 15 heavy (non-hydrogen) atoms. The normalized spacial score (nSPS) is 21.7. The molecule has 0 radical (unpaired) electrons. The molecule has 1 fully saturated rings. The van der Waals surface area contributed by atoms with E-state index in [2.05, 4.69) is 5.32 Å². The minimum atomic E-state index is 0.238. The maximum atomic E-state index is 11.8. The molecule has 4 nitrogen and oxygen atoms in total. The SMILES string of the molecule is CCNCCC(=O)N1CCCC(OC)C1. The van der Waals surface area contributed by atoms with E-state index in [-0.39, 0.29) is 12.0 Å². The molecule has 1 rings (SSSR count). The van der Waals surface area contributed by atoms with Gasteiger partial charge in [-0.15, -0.1) is 0 Å². The quantitative estimate of drug-likeness (QED) is 0.682. The number of methoxy groups -OCH3 is 1. The third-order valence-corrected chi connectivity index (χ3v) is 2.83. The van der Waals surface area contributed by atoms with E-state index in [0.29, 0.717) is 6.42 Å². The number of likely N-dealkylation sites (tertiary alicyclic amines) is 1. The largest absolute Gasteiger partial charge is 0.380 e. The van der Waals surface area contributed by atoms with Gasteiger partial charge in [0.1, 0.15) is 0 Å². The highest BCUT2D eigenvalue weighted by Gasteiger charge is 2.22. The van der Waals surface area contributed by atoms with E-state index in [0.717, 1.165) is 39.0 Å². The maximum absolute atomic E-state index is 11.8. The standard InChI is InChI=1S/C11H22N2O2/c1-3-12-7-6-11(14)13-8-4-5-10(9-13)15-2/h10,12H,3-9H2,1-2H3. The van der Waals surface area contributed by atoms with Crippen LogP contribution >= 0.6 is 0 Å². The van der Waals surface area contributed by atoms with Crippen LogP contribution in [0.25, 0.3) is 0 Å². The third kappa shape index (κ3) is 4.18. The Labute approximate surface area is 92.0 Å². The predicted octanol–water partition coefficient (Wildman–Crippen LogP) is 0.623. The monoisotopic (exact) mass is 214 g/mol. The highest BCUT2D eigenvalue weighted by atomic mass is 16.5. The van der Waals surface area contributed by atoms with Gasteiger partial charge in [-0.25, -0.2) is 0 Å². The lowest BCUT2D eigenvalue weighted by atomic mass is 10.1. The van der Waals surface area contributed by atoms with E-state index in [1.807, 2.05) is 11.8 Å². The van der Waals surface area contributed by atoms with Crippen molar-refractivity contribution in [2.24, 2.45) is 0 Å². The van der Waals surface area contributed by atoms with E-state index in [9.17, 15) is 4.79 Å². The number of amides is 1. The Morgan fingerprint density at radius 1 is 1.60 bits per heavy atom. The van der Waals surface area contributed by atoms with Gasteiger partial charge in [0, 0.05) is 33.2 Å². The second-order valence-electron chi connectivity index (χ2n) is 3.94. The number of hydrogen-bond donors (Lipinski definition) is 1. The van der Waals surface area contributed by atoms with Crippen molar-refractivity contribution >= 4 is 5.91 Å². The van der Waals surface area contributed by atoms with Crippen LogP contribution in [-0.4, -0.2) is 50.2 Å². The van der Waals surface area contributed by atoms with Gasteiger partial charge < -0.3 is 15.0 Å². The van der Waals surface area contributed by atoms with Crippen molar-refractivity contribution in [3.8, 4) is 0 Å². The average molecular weight is 214 g/mol. The summed E-state index contributed by atoms with van der Waals surface area (Å²) in [5, 5.41) is 3.16. The number of nitrogens with one attached hydrogen (secondary N) is 1. The van der Waals surface area contributed by atoms with Crippen LogP contribution in [0.15, 0.2) is 0 Å². The minimum absolute atomic E-state index is 0.238. The molecule has 1 aliphatic rings. The first-order valence-corrected chi connectivity index (χ1v) is 5.79. The summed E-state index contributed by atoms with van der Waals surface area (Å²) in [7, 11) is 1.72. The number of hydrogen-bond acceptors (Lipinski definition) is 3. The van der Waals surface area contributed by atoms with Crippen molar-refractivity contribution < 1.29 is 9.53 Å². The van der Waals surface area contributed by atoms with Gasteiger partial charge in [0.15, 0.2) is 0 Å². The second kappa shape index (κ2) is 6.80. The highest BCUT2D eigenvalue weighted by molar-refractivity contribution is 5.76. The van der Waals surface area contributed by atoms with Crippen LogP contribution in [0.3, 0.4) is 0 Å². The summed E-state index contributed by atoms with van der Waals surface area (Å²) in [6, 6.07) is 0. The summed E-state index contributed by atoms with van der Waals surface area (Å²) < 4.78 is 5.29. The number of nitrogens with zero attached hydrogens (tertiary/aromatic N) is 1. The van der Waals surface area contributed by atoms with Crippen LogP contribution in [0.2, 0.25) is 0 Å². The molecule has 1 heterocycles. The van der Waals surface area contributed by atoms with Gasteiger partial charge in [0.25, 0.3) is 0 Å². The number of carbonyl (C=O) groups is 1. The lowest BCUT2D eigenvalue weighted by Gasteiger charge is -2.32. The van der Waals surface area contributed by atoms with Gasteiger partial charge in [0.05, 0.1) is 6.10 Å². The van der Waals surface area contributed by atoms with Gasteiger partial charge in [0.2, 0.25) is 5.91 Å². The fourth-order valence-electron chi connectivity index (χ4n) is 1.89. The molecule has 88 valence electrons. The lowest BCUT2D eigenvalue weighted by Crippen LogP contribution is -2.43. The Balaban J connectivity index is 2.25. The highest BCUT2D eigenvalue weighted by Crippen LogP contribution is 2.13. The van der Waals surface area contributed by atoms with Crippen LogP contribution < -0.4 is 5.32 Å². The Bertz CT molecular complexity index is 197. The molecule has 0 aromatic carbocycles. The molecule has 0 spiro atoms. The molecule has 0 aromatic rings. The molecule has 1 aliphatic heterocycles. The van der Waals surface area contributed by atoms with Gasteiger partial charge in [-0.05, 0) is 19.4 Å². The third-order valence-electron chi connectivity index (χ3n) is 2.83. The molecule has 4 heteroatoms. The van der Waals surface area contributed by atoms with Crippen LogP contribution in [0, 0.1) is 0 Å². The van der Waals surface area contributed by atoms with Crippen molar-refractivity contribution in [1.82, 2.24) is 10.2 Å². The van der Waals surface area contributed by atoms with Crippen molar-refractivity contribution in [3.05, 3.63) is 0 Å². The molecule has 0 bridgehead atoms. The van der Waals surface area contributed by atoms with Crippen molar-refractivity contribution in [3.63, 3.8) is 0 Å². The molecule has 1 unspecified atom stereocenters. The van der Waals surface area contributed by atoms with Gasteiger partial charge in [-0.3, -0.25) is 4.79 Å². The Kier molecular flexibility index (Phi) is 5.65. The summed E-state index contributed by atoms with van der Waals surface area (Å²) >= 11 is 0. The first-order valence-electron chi connectivity index (χ1n) is 5.79. The number of carbonyl (C=O) groups excluding carboxylic acids is 1. The van der Waals surface area contributed by atoms with E-state index in [1.165, 1.54) is 0 Å². The average Bonchev–Trinajstić information content (AvgIpc) is 2.29. The Morgan fingerprint density at radius 3 is 3.07 bits per heavy atom. The van der Waals surface area contributed by atoms with Gasteiger partial charge in [-0.1, -0.05) is 6.92 Å². The topological polar surface area (TPSA) is 41.6 Å². The fourth-order valence-corrected chi connectivity index (χ4v) is 1.89. The number of piperidine rings is 1. The zero-order valence-electron chi connectivity index (χ0n) is 9.79. The van der Waals surface area contributed by atoms with Crippen molar-refractivity contribution in [2.75, 3.05) is 33.3 Å². The maximum Gasteiger partial charge on any atom is 0.223 e. The molecule has 1 saturated heterocycles. The molecule has 0 aliphatic carbocycles. The van der Waals surface area contributed by atoms with E-state index >= 15 is 0 Å². The summed E-state index contributed by atoms with van der Waals surface area (Å²) in [6.45, 7) is 5.41. The molecule has 0 saturated carbocycles. The molecule has 0 aromatic heterocycles. The first-order chi connectivity index (χ1) is 7.27. The van der Waals surface area contributed by atoms with E-state index < -0.39 is 0 Å². The molecular formula is C11H22N2O2. The van der Waals surface area contributed by atoms with E-state index in [1.54, 1.807) is 7.11 Å². The lowest BCUT2D eigenvalue weighted by molar-refractivity contribution is -0.134. The smallest absolute Gasteiger partial charge is 0.223 e. The van der Waals surface area contributed by atoms with Crippen molar-refractivity contribution in [1.29, 1.82) is 0 Å². The first kappa shape index (κ1) is 12.5. The molecule has 1 amide bonds. The van der Waals surface area contributed by atoms with Crippen LogP contribution in [0.4, 0.5) is 0 Å². The van der Waals surface area contributed by atoms with Crippen LogP contribution in [0.1, 0.15) is 26.2 Å². The summed E-state index contributed by atoms with van der Waals surface area (Å²) in [5.74, 6) is 0.248. The predicted molar refractivity (Wildman–Crippen MR) is 59.8 cm³/mol. The summed E-state index contributed by atoms with van der Waals surface area (Å²) in [6.07, 6.45) is 2.98. The summed E-state index contributed by atoms with van der Waals surface area (Å²) in [4.78, 5) is 13.7. The van der Waals surface area contributed by atoms with Gasteiger partial charge >= 0.3 is 0 Å². The van der Waals surface area contributed by atoms with E-state index in [4.69, 9.17) is 4.74 Å². The van der Waals surface area contributed by atoms with Gasteiger partial charge in [-0.2, -0.15) is 0 Å². The number of rotatable bonds is 5. The van der Waals surface area contributed by atoms with Crippen LogP contribution in [-0.2, 0) is 9.53 Å². The van der Waals surface area contributed by atoms with Crippen LogP contribution in [0.5, 0.6) is 0 Å². The zero-order valence-corrected chi connectivity index (χ0v) is 9.79.